The molecule has 0 bridgehead atoms. The molecule has 77 heavy (non-hydrogen) atoms. The van der Waals surface area contributed by atoms with Crippen LogP contribution in [-0.4, -0.2) is 0 Å². The predicted molar refractivity (Wildman–Crippen MR) is 331 cm³/mol. The average Bonchev–Trinajstić information content (AvgIpc) is 4.30. The van der Waals surface area contributed by atoms with Gasteiger partial charge in [0.2, 0.25) is 0 Å². The van der Waals surface area contributed by atoms with Crippen molar-refractivity contribution in [1.82, 2.24) is 0 Å². The van der Waals surface area contributed by atoms with Gasteiger partial charge in [0.15, 0.2) is 0 Å². The number of fused-ring (bicyclic) bond motifs is 16. The second-order valence-electron chi connectivity index (χ2n) is 20.3. The second kappa shape index (κ2) is 17.4. The second-order valence-corrected chi connectivity index (χ2v) is 22.4. The number of para-hydroxylation sites is 2. The summed E-state index contributed by atoms with van der Waals surface area (Å²) >= 11 is 3.72. The molecule has 2 aromatic heterocycles. The maximum atomic E-state index is 2.57. The van der Waals surface area contributed by atoms with Crippen molar-refractivity contribution in [1.29, 1.82) is 0 Å². The van der Waals surface area contributed by atoms with Gasteiger partial charge in [-0.3, -0.25) is 0 Å². The monoisotopic (exact) mass is 1010 g/mol. The first kappa shape index (κ1) is 44.0. The van der Waals surface area contributed by atoms with Crippen LogP contribution in [0.2, 0.25) is 0 Å². The van der Waals surface area contributed by atoms with Crippen LogP contribution in [0.1, 0.15) is 22.3 Å². The molecular formula is C73H46N2S2. The third-order valence-corrected chi connectivity index (χ3v) is 18.5. The maximum Gasteiger partial charge on any atom is 0.0720 e. The molecule has 0 unspecified atom stereocenters. The van der Waals surface area contributed by atoms with Crippen LogP contribution in [-0.2, 0) is 5.41 Å². The largest absolute Gasteiger partial charge is 0.310 e. The molecule has 15 aromatic rings. The molecule has 4 heteroatoms. The molecule has 1 aliphatic rings. The van der Waals surface area contributed by atoms with E-state index in [1.165, 1.54) is 106 Å². The van der Waals surface area contributed by atoms with E-state index < -0.39 is 5.41 Å². The minimum absolute atomic E-state index is 0.740. The fourth-order valence-corrected chi connectivity index (χ4v) is 15.3. The summed E-state index contributed by atoms with van der Waals surface area (Å²) in [6, 6.07) is 104. The molecule has 0 aliphatic heterocycles. The van der Waals surface area contributed by atoms with Crippen LogP contribution >= 0.6 is 22.7 Å². The lowest BCUT2D eigenvalue weighted by atomic mass is 9.66. The van der Waals surface area contributed by atoms with Crippen molar-refractivity contribution in [2.45, 2.75) is 5.41 Å². The van der Waals surface area contributed by atoms with E-state index in [2.05, 4.69) is 289 Å². The number of hydrogen-bond acceptors (Lipinski definition) is 4. The van der Waals surface area contributed by atoms with Gasteiger partial charge in [-0.05, 0) is 151 Å². The first-order valence-corrected chi connectivity index (χ1v) is 28.0. The van der Waals surface area contributed by atoms with E-state index in [0.29, 0.717) is 0 Å². The Kier molecular flexibility index (Phi) is 9.93. The van der Waals surface area contributed by atoms with Gasteiger partial charge in [0, 0.05) is 74.2 Å². The van der Waals surface area contributed by atoms with Gasteiger partial charge >= 0.3 is 0 Å². The van der Waals surface area contributed by atoms with Crippen LogP contribution in [0, 0.1) is 0 Å². The van der Waals surface area contributed by atoms with E-state index in [0.717, 1.165) is 34.1 Å². The van der Waals surface area contributed by atoms with Gasteiger partial charge in [0.05, 0.1) is 11.1 Å². The Morgan fingerprint density at radius 2 is 0.649 bits per heavy atom. The van der Waals surface area contributed by atoms with Crippen LogP contribution < -0.4 is 9.80 Å². The molecule has 0 atom stereocenters. The highest BCUT2D eigenvalue weighted by Crippen LogP contribution is 2.63. The Balaban J connectivity index is 1.02. The number of rotatable bonds is 8. The lowest BCUT2D eigenvalue weighted by molar-refractivity contribution is 0.776. The van der Waals surface area contributed by atoms with E-state index in [1.807, 2.05) is 22.7 Å². The Hall–Kier alpha value is -9.32. The normalized spacial score (nSPS) is 12.8. The van der Waals surface area contributed by atoms with Gasteiger partial charge in [-0.25, -0.2) is 0 Å². The number of thiophene rings is 2. The van der Waals surface area contributed by atoms with Crippen LogP contribution in [0.25, 0.3) is 83.8 Å². The number of benzene rings is 13. The molecule has 13 aromatic carbocycles. The van der Waals surface area contributed by atoms with E-state index in [-0.39, 0.29) is 0 Å². The van der Waals surface area contributed by atoms with Gasteiger partial charge in [0.25, 0.3) is 0 Å². The summed E-state index contributed by atoms with van der Waals surface area (Å²) in [6.07, 6.45) is 0. The minimum atomic E-state index is -0.740. The van der Waals surface area contributed by atoms with Crippen molar-refractivity contribution in [3.8, 4) is 11.1 Å². The smallest absolute Gasteiger partial charge is 0.0720 e. The number of anilines is 6. The fraction of sp³-hybridized carbons (Fsp3) is 0.0137. The zero-order chi connectivity index (χ0) is 50.6. The Labute approximate surface area is 454 Å². The summed E-state index contributed by atoms with van der Waals surface area (Å²) in [7, 11) is 0. The summed E-state index contributed by atoms with van der Waals surface area (Å²) in [5, 5.41) is 12.5. The quantitative estimate of drug-likeness (QED) is 0.140. The molecule has 0 fully saturated rings. The highest BCUT2D eigenvalue weighted by Gasteiger charge is 2.49. The molecular weight excluding hydrogens is 969 g/mol. The molecule has 0 spiro atoms. The molecule has 0 amide bonds. The predicted octanol–water partition coefficient (Wildman–Crippen LogP) is 21.2. The third kappa shape index (κ3) is 6.59. The van der Waals surface area contributed by atoms with Crippen molar-refractivity contribution in [3.63, 3.8) is 0 Å². The molecule has 2 heterocycles. The zero-order valence-electron chi connectivity index (χ0n) is 41.8. The van der Waals surface area contributed by atoms with Crippen LogP contribution in [0.3, 0.4) is 0 Å². The van der Waals surface area contributed by atoms with E-state index in [4.69, 9.17) is 0 Å². The molecule has 0 saturated heterocycles. The zero-order valence-corrected chi connectivity index (χ0v) is 43.4. The Morgan fingerprint density at radius 3 is 1.21 bits per heavy atom. The number of hydrogen-bond donors (Lipinski definition) is 0. The Bertz CT molecular complexity index is 4770. The van der Waals surface area contributed by atoms with Crippen LogP contribution in [0.4, 0.5) is 34.1 Å². The van der Waals surface area contributed by atoms with Crippen LogP contribution in [0.15, 0.2) is 279 Å². The van der Waals surface area contributed by atoms with Crippen LogP contribution in [0.5, 0.6) is 0 Å². The van der Waals surface area contributed by atoms with Crippen molar-refractivity contribution in [2.75, 3.05) is 9.80 Å². The van der Waals surface area contributed by atoms with E-state index >= 15 is 0 Å². The first-order valence-electron chi connectivity index (χ1n) is 26.4. The average molecular weight is 1020 g/mol. The van der Waals surface area contributed by atoms with Crippen molar-refractivity contribution < 1.29 is 0 Å². The third-order valence-electron chi connectivity index (χ3n) is 16.2. The fourth-order valence-electron chi connectivity index (χ4n) is 13.1. The maximum absolute atomic E-state index is 2.57. The molecule has 0 radical (unpaired) electrons. The standard InChI is InChI=1S/C73H46N2S2/c1-5-21-47(22-6-1)73(48-23-7-2-8-24-48)64-46-65(75(50-27-11-4-12-28-50)53-39-42-69-63(45-53)57-32-18-20-36-67(57)77-69)55-30-14-16-34-59(55)70(64)71-58-33-15-13-29-54(58)61-43-51(37-40-60(61)72(71)73)74(49-25-9-3-10-26-49)52-38-41-68-62(44-52)56-31-17-19-35-66(56)76-68/h1-46H. The topological polar surface area (TPSA) is 6.48 Å². The molecule has 2 nitrogen and oxygen atoms in total. The molecule has 0 N–H and O–H groups in total. The lowest BCUT2D eigenvalue weighted by Crippen LogP contribution is -2.29. The summed E-state index contributed by atoms with van der Waals surface area (Å²) in [5.41, 5.74) is 13.6. The Morgan fingerprint density at radius 1 is 0.247 bits per heavy atom. The summed E-state index contributed by atoms with van der Waals surface area (Å²) in [6.45, 7) is 0. The van der Waals surface area contributed by atoms with Crippen molar-refractivity contribution in [2.24, 2.45) is 0 Å². The van der Waals surface area contributed by atoms with Gasteiger partial charge in [-0.1, -0.05) is 188 Å². The summed E-state index contributed by atoms with van der Waals surface area (Å²) < 4.78 is 5.19. The minimum Gasteiger partial charge on any atom is -0.310 e. The molecule has 1 aliphatic carbocycles. The highest BCUT2D eigenvalue weighted by molar-refractivity contribution is 7.26. The molecule has 0 saturated carbocycles. The summed E-state index contributed by atoms with van der Waals surface area (Å²) in [5.74, 6) is 0. The number of nitrogens with zero attached hydrogens (tertiary/aromatic N) is 2. The lowest BCUT2D eigenvalue weighted by Gasteiger charge is -2.36. The molecule has 16 rings (SSSR count). The van der Waals surface area contributed by atoms with Gasteiger partial charge in [-0.15, -0.1) is 22.7 Å². The summed E-state index contributed by atoms with van der Waals surface area (Å²) in [4.78, 5) is 4.95. The molecule has 360 valence electrons. The van der Waals surface area contributed by atoms with Crippen molar-refractivity contribution >= 4 is 129 Å². The van der Waals surface area contributed by atoms with Gasteiger partial charge < -0.3 is 9.80 Å². The highest BCUT2D eigenvalue weighted by atomic mass is 32.1. The first-order chi connectivity index (χ1) is 38.2. The van der Waals surface area contributed by atoms with E-state index in [1.54, 1.807) is 0 Å². The van der Waals surface area contributed by atoms with Crippen molar-refractivity contribution in [3.05, 3.63) is 301 Å². The van der Waals surface area contributed by atoms with Gasteiger partial charge in [0.1, 0.15) is 0 Å². The van der Waals surface area contributed by atoms with E-state index in [9.17, 15) is 0 Å². The van der Waals surface area contributed by atoms with Gasteiger partial charge in [-0.2, -0.15) is 0 Å². The SMILES string of the molecule is c1ccc(N(c2ccc3sc4ccccc4c3c2)c2ccc3c4c(c5ccccc5c3c2)-c2c(cc(N(c3ccccc3)c3ccc5sc6ccccc6c5c3)c3ccccc23)C4(c2ccccc2)c2ccccc2)cc1.